The van der Waals surface area contributed by atoms with Crippen LogP contribution in [0.4, 0.5) is 0 Å². The van der Waals surface area contributed by atoms with Crippen molar-refractivity contribution in [3.05, 3.63) is 98.3 Å². The van der Waals surface area contributed by atoms with Crippen molar-refractivity contribution >= 4 is 25.3 Å². The molecule has 0 bridgehead atoms. The fourth-order valence-electron chi connectivity index (χ4n) is 4.92. The van der Waals surface area contributed by atoms with E-state index in [0.717, 1.165) is 8.06 Å². The van der Waals surface area contributed by atoms with Crippen LogP contribution in [-0.4, -0.2) is 14.1 Å². The number of para-hydroxylation sites is 2. The van der Waals surface area contributed by atoms with E-state index in [1.54, 1.807) is 6.20 Å². The van der Waals surface area contributed by atoms with Crippen LogP contribution in [0.2, 0.25) is 5.02 Å². The summed E-state index contributed by atoms with van der Waals surface area (Å²) in [6.07, 6.45) is 6.17. The predicted molar refractivity (Wildman–Crippen MR) is 159 cm³/mol. The van der Waals surface area contributed by atoms with Crippen molar-refractivity contribution in [2.24, 2.45) is 0 Å². The summed E-state index contributed by atoms with van der Waals surface area (Å²) in [6, 6.07) is 17.1. The minimum absolute atomic E-state index is 0.354. The zero-order valence-corrected chi connectivity index (χ0v) is 26.6. The van der Waals surface area contributed by atoms with Crippen LogP contribution in [0.5, 0.6) is 0 Å². The summed E-state index contributed by atoms with van der Waals surface area (Å²) >= 11 is 4.63. The van der Waals surface area contributed by atoms with Gasteiger partial charge in [-0.2, -0.15) is 0 Å². The van der Waals surface area contributed by atoms with Crippen molar-refractivity contribution in [3.8, 4) is 11.4 Å². The van der Waals surface area contributed by atoms with Crippen LogP contribution in [-0.2, 0) is 15.3 Å². The number of rotatable bonds is 7. The normalized spacial score (nSPS) is 12.3. The monoisotopic (exact) mass is 641 g/mol. The first-order valence-corrected chi connectivity index (χ1v) is 17.3. The maximum absolute atomic E-state index is 7.54. The average Bonchev–Trinajstić information content (AvgIpc) is 3.31. The Morgan fingerprint density at radius 1 is 0.632 bits per heavy atom. The molecular formula is C32H39Cl2N3Pd-2. The molecule has 0 aliphatic rings. The third-order valence-electron chi connectivity index (χ3n) is 6.85. The van der Waals surface area contributed by atoms with Crippen LogP contribution in [0.15, 0.2) is 67.1 Å². The van der Waals surface area contributed by atoms with Gasteiger partial charge in [-0.15, -0.1) is 0 Å². The third kappa shape index (κ3) is 5.52. The summed E-state index contributed by atoms with van der Waals surface area (Å²) in [7, 11) is 7.54. The molecule has 0 radical (unpaired) electrons. The topological polar surface area (TPSA) is 22.8 Å². The quantitative estimate of drug-likeness (QED) is 0.184. The summed E-state index contributed by atoms with van der Waals surface area (Å²) in [4.78, 5) is 4.70. The van der Waals surface area contributed by atoms with E-state index in [4.69, 9.17) is 26.1 Å². The zero-order chi connectivity index (χ0) is 27.7. The van der Waals surface area contributed by atoms with Gasteiger partial charge in [-0.1, -0.05) is 0 Å². The molecule has 4 rings (SSSR count). The number of hydrogen-bond donors (Lipinski definition) is 0. The van der Waals surface area contributed by atoms with E-state index < -0.39 is 15.3 Å². The molecule has 0 aliphatic carbocycles. The number of hydrogen-bond acceptors (Lipinski definition) is 1. The molecule has 2 aromatic heterocycles. The summed E-state index contributed by atoms with van der Waals surface area (Å²) < 4.78 is 6.50. The molecule has 0 spiro atoms. The van der Waals surface area contributed by atoms with E-state index in [0.29, 0.717) is 28.7 Å². The minimum atomic E-state index is -2.09. The molecule has 0 unspecified atom stereocenters. The van der Waals surface area contributed by atoms with Gasteiger partial charge in [-0.05, 0) is 0 Å². The second-order valence-corrected chi connectivity index (χ2v) is 15.1. The molecule has 0 saturated heterocycles. The molecule has 0 aliphatic heterocycles. The summed E-state index contributed by atoms with van der Waals surface area (Å²) in [5.41, 5.74) is 7.67. The first kappa shape index (κ1) is 29.0. The van der Waals surface area contributed by atoms with Gasteiger partial charge in [-0.25, -0.2) is 0 Å². The summed E-state index contributed by atoms with van der Waals surface area (Å²) in [5.74, 6) is 1.42. The number of imidazole rings is 1. The van der Waals surface area contributed by atoms with Gasteiger partial charge in [-0.3, -0.25) is 0 Å². The molecular weight excluding hydrogens is 604 g/mol. The Hall–Kier alpha value is -1.96. The Labute approximate surface area is 242 Å². The summed E-state index contributed by atoms with van der Waals surface area (Å²) in [6.45, 7) is 18.1. The molecule has 3 nitrogen and oxygen atoms in total. The van der Waals surface area contributed by atoms with Gasteiger partial charge < -0.3 is 0 Å². The zero-order valence-electron chi connectivity index (χ0n) is 23.6. The SMILES string of the molecule is CC(C)c1cccc(C(C)C)c1-n1ccn(-c2c(C(C)C)cccc2C(C)C)[c]1=[Pd-2]([Cl])[c]1ncccc1Cl. The Balaban J connectivity index is 2.25. The van der Waals surface area contributed by atoms with E-state index in [9.17, 15) is 0 Å². The predicted octanol–water partition coefficient (Wildman–Crippen LogP) is 9.44. The van der Waals surface area contributed by atoms with Crippen molar-refractivity contribution in [1.29, 1.82) is 0 Å². The molecule has 4 aromatic rings. The fourth-order valence-corrected chi connectivity index (χ4v) is 9.14. The van der Waals surface area contributed by atoms with Crippen LogP contribution < -0.4 is 4.17 Å². The van der Waals surface area contributed by atoms with Crippen molar-refractivity contribution < 1.29 is 15.3 Å². The van der Waals surface area contributed by atoms with Crippen molar-refractivity contribution in [3.63, 3.8) is 0 Å². The van der Waals surface area contributed by atoms with Crippen LogP contribution >= 0.6 is 21.1 Å². The number of pyridine rings is 1. The van der Waals surface area contributed by atoms with Gasteiger partial charge in [0.2, 0.25) is 0 Å². The molecule has 0 saturated carbocycles. The van der Waals surface area contributed by atoms with Crippen molar-refractivity contribution in [1.82, 2.24) is 14.1 Å². The number of benzene rings is 2. The number of halogens is 2. The van der Waals surface area contributed by atoms with Crippen LogP contribution in [0.25, 0.3) is 11.4 Å². The number of nitrogens with zero attached hydrogens (tertiary/aromatic N) is 3. The van der Waals surface area contributed by atoms with Gasteiger partial charge >= 0.3 is 243 Å². The van der Waals surface area contributed by atoms with Gasteiger partial charge in [0.1, 0.15) is 0 Å². The van der Waals surface area contributed by atoms with Crippen LogP contribution in [0, 0.1) is 3.89 Å². The summed E-state index contributed by atoms with van der Waals surface area (Å²) in [5, 5.41) is 0.616. The van der Waals surface area contributed by atoms with Gasteiger partial charge in [0.25, 0.3) is 0 Å². The number of aromatic nitrogens is 3. The van der Waals surface area contributed by atoms with E-state index >= 15 is 0 Å². The third-order valence-corrected chi connectivity index (χ3v) is 11.3. The van der Waals surface area contributed by atoms with E-state index in [2.05, 4.69) is 113 Å². The Kier molecular flexibility index (Phi) is 9.21. The van der Waals surface area contributed by atoms with Gasteiger partial charge in [0.05, 0.1) is 0 Å². The van der Waals surface area contributed by atoms with Gasteiger partial charge in [0, 0.05) is 0 Å². The Morgan fingerprint density at radius 3 is 1.37 bits per heavy atom. The Bertz CT molecular complexity index is 1370. The molecule has 0 fully saturated rings. The second-order valence-electron chi connectivity index (χ2n) is 10.9. The van der Waals surface area contributed by atoms with Crippen molar-refractivity contribution in [2.45, 2.75) is 79.1 Å². The molecule has 208 valence electrons. The average molecular weight is 643 g/mol. The maximum atomic E-state index is 7.54. The van der Waals surface area contributed by atoms with Crippen LogP contribution in [0.3, 0.4) is 0 Å². The van der Waals surface area contributed by atoms with Crippen LogP contribution in [0.1, 0.15) is 101 Å². The molecule has 38 heavy (non-hydrogen) atoms. The van der Waals surface area contributed by atoms with E-state index in [1.165, 1.54) is 33.6 Å². The molecule has 0 amide bonds. The standard InChI is InChI=1S/C27H36N2.C5H3ClN.ClH.Pd/c1-18(2)22-11-9-12-23(19(3)4)26(22)28-15-16-29(17-28)27-24(20(5)6)13-10-14-25(27)21(7)8;6-5-2-1-3-7-4-5;;/h9-16,18-21H,1-8H3;1-3H;1H;/q;;;-1/p-1. The van der Waals surface area contributed by atoms with Gasteiger partial charge in [0.15, 0.2) is 0 Å². The second kappa shape index (κ2) is 12.1. The molecule has 0 atom stereocenters. The first-order chi connectivity index (χ1) is 18.0. The molecule has 2 aromatic carbocycles. The van der Waals surface area contributed by atoms with E-state index in [1.807, 2.05) is 12.1 Å². The molecule has 0 N–H and O–H groups in total. The molecule has 6 heteroatoms. The molecule has 2 heterocycles. The first-order valence-electron chi connectivity index (χ1n) is 13.3. The van der Waals surface area contributed by atoms with Crippen molar-refractivity contribution in [2.75, 3.05) is 0 Å². The fraction of sp³-hybridized carbons (Fsp3) is 0.375. The Morgan fingerprint density at radius 2 is 1.03 bits per heavy atom. The van der Waals surface area contributed by atoms with E-state index in [-0.39, 0.29) is 0 Å².